The van der Waals surface area contributed by atoms with Crippen LogP contribution in [-0.4, -0.2) is 32.7 Å². The van der Waals surface area contributed by atoms with E-state index in [9.17, 15) is 0 Å². The maximum atomic E-state index is 6.11. The Morgan fingerprint density at radius 1 is 1.07 bits per heavy atom. The lowest BCUT2D eigenvalue weighted by Gasteiger charge is -2.27. The minimum atomic E-state index is 0.541. The number of hydrogen-bond acceptors (Lipinski definition) is 5. The van der Waals surface area contributed by atoms with Crippen molar-refractivity contribution in [2.24, 2.45) is 0 Å². The molecule has 3 aromatic rings. The number of benzene rings is 1. The van der Waals surface area contributed by atoms with Crippen molar-refractivity contribution in [1.82, 2.24) is 19.9 Å². The molecule has 4 rings (SSSR count). The van der Waals surface area contributed by atoms with Crippen LogP contribution in [0.4, 0.5) is 0 Å². The van der Waals surface area contributed by atoms with Crippen LogP contribution in [0.15, 0.2) is 47.9 Å². The van der Waals surface area contributed by atoms with Crippen LogP contribution in [0.25, 0.3) is 11.3 Å². The van der Waals surface area contributed by atoms with Crippen molar-refractivity contribution >= 4 is 35.0 Å². The fourth-order valence-electron chi connectivity index (χ4n) is 3.19. The number of halogens is 2. The smallest absolute Gasteiger partial charge is 0.187 e. The monoisotopic (exact) mass is 416 g/mol. The molecular weight excluding hydrogens is 399 g/mol. The predicted molar refractivity (Wildman–Crippen MR) is 111 cm³/mol. The van der Waals surface area contributed by atoms with E-state index in [1.165, 1.54) is 16.8 Å². The van der Waals surface area contributed by atoms with Crippen molar-refractivity contribution in [2.75, 3.05) is 12.8 Å². The second-order valence-electron chi connectivity index (χ2n) is 6.47. The van der Waals surface area contributed by atoms with E-state index in [-0.39, 0.29) is 0 Å². The van der Waals surface area contributed by atoms with E-state index in [1.54, 1.807) is 17.8 Å². The molecule has 0 atom stereocenters. The summed E-state index contributed by atoms with van der Waals surface area (Å²) in [6, 6.07) is 9.72. The average Bonchev–Trinajstić information content (AvgIpc) is 2.70. The Morgan fingerprint density at radius 3 is 2.70 bits per heavy atom. The zero-order chi connectivity index (χ0) is 18.8. The van der Waals surface area contributed by atoms with Crippen molar-refractivity contribution in [3.05, 3.63) is 69.6 Å². The molecule has 0 unspecified atom stereocenters. The Balaban J connectivity index is 1.45. The third kappa shape index (κ3) is 4.27. The van der Waals surface area contributed by atoms with Crippen molar-refractivity contribution in [3.63, 3.8) is 0 Å². The van der Waals surface area contributed by atoms with Gasteiger partial charge in [-0.15, -0.1) is 0 Å². The van der Waals surface area contributed by atoms with Gasteiger partial charge >= 0.3 is 0 Å². The molecule has 0 bridgehead atoms. The first-order valence-electron chi connectivity index (χ1n) is 8.64. The highest BCUT2D eigenvalue weighted by atomic mass is 35.5. The molecule has 0 spiro atoms. The molecule has 0 N–H and O–H groups in total. The summed E-state index contributed by atoms with van der Waals surface area (Å²) in [5.41, 5.74) is 5.44. The number of aromatic nitrogens is 3. The maximum absolute atomic E-state index is 6.11. The fourth-order valence-corrected chi connectivity index (χ4v) is 3.85. The summed E-state index contributed by atoms with van der Waals surface area (Å²) in [7, 11) is 0. The number of thioether (sulfide) groups is 1. The first-order chi connectivity index (χ1) is 13.1. The SMILES string of the molecule is CSc1ncc2c(n1)CCN(Cc1ccc(-c3ccc(Cl)c(Cl)c3)nc1)C2. The number of hydrogen-bond donors (Lipinski definition) is 0. The summed E-state index contributed by atoms with van der Waals surface area (Å²) in [6.45, 7) is 2.73. The second kappa shape index (κ2) is 8.15. The Hall–Kier alpha value is -1.66. The highest BCUT2D eigenvalue weighted by Gasteiger charge is 2.18. The van der Waals surface area contributed by atoms with Gasteiger partial charge in [0.2, 0.25) is 0 Å². The third-order valence-electron chi connectivity index (χ3n) is 4.62. The molecule has 0 saturated heterocycles. The van der Waals surface area contributed by atoms with Gasteiger partial charge in [0.15, 0.2) is 5.16 Å². The number of rotatable bonds is 4. The normalized spacial score (nSPS) is 14.2. The van der Waals surface area contributed by atoms with Crippen molar-refractivity contribution in [2.45, 2.75) is 24.7 Å². The molecule has 4 nitrogen and oxygen atoms in total. The van der Waals surface area contributed by atoms with Gasteiger partial charge in [0.1, 0.15) is 0 Å². The lowest BCUT2D eigenvalue weighted by atomic mass is 10.1. The maximum Gasteiger partial charge on any atom is 0.187 e. The van der Waals surface area contributed by atoms with E-state index in [0.29, 0.717) is 10.0 Å². The Labute approximate surface area is 173 Å². The lowest BCUT2D eigenvalue weighted by Crippen LogP contribution is -2.31. The topological polar surface area (TPSA) is 41.9 Å². The molecule has 27 heavy (non-hydrogen) atoms. The van der Waals surface area contributed by atoms with Gasteiger partial charge in [-0.3, -0.25) is 9.88 Å². The van der Waals surface area contributed by atoms with Crippen molar-refractivity contribution < 1.29 is 0 Å². The molecule has 1 aliphatic rings. The van der Waals surface area contributed by atoms with E-state index in [0.717, 1.165) is 42.5 Å². The van der Waals surface area contributed by atoms with Gasteiger partial charge in [-0.05, 0) is 30.0 Å². The summed E-state index contributed by atoms with van der Waals surface area (Å²) >= 11 is 13.7. The molecular formula is C20H18Cl2N4S. The zero-order valence-electron chi connectivity index (χ0n) is 14.8. The standard InChI is InChI=1S/C20H18Cl2N4S/c1-27-20-24-10-15-12-26(7-6-19(15)25-20)11-13-2-5-18(23-9-13)14-3-4-16(21)17(22)8-14/h2-5,8-10H,6-7,11-12H2,1H3. The van der Waals surface area contributed by atoms with E-state index >= 15 is 0 Å². The van der Waals surface area contributed by atoms with Gasteiger partial charge < -0.3 is 0 Å². The summed E-state index contributed by atoms with van der Waals surface area (Å²) in [5, 5.41) is 1.94. The average molecular weight is 417 g/mol. The van der Waals surface area contributed by atoms with Crippen LogP contribution in [-0.2, 0) is 19.5 Å². The minimum Gasteiger partial charge on any atom is -0.294 e. The predicted octanol–water partition coefficient (Wildman–Crippen LogP) is 5.13. The van der Waals surface area contributed by atoms with E-state index in [2.05, 4.69) is 25.9 Å². The lowest BCUT2D eigenvalue weighted by molar-refractivity contribution is 0.242. The zero-order valence-corrected chi connectivity index (χ0v) is 17.2. The molecule has 0 amide bonds. The largest absolute Gasteiger partial charge is 0.294 e. The molecule has 0 fully saturated rings. The summed E-state index contributed by atoms with van der Waals surface area (Å²) in [5.74, 6) is 0. The summed E-state index contributed by atoms with van der Waals surface area (Å²) in [4.78, 5) is 16.0. The fraction of sp³-hybridized carbons (Fsp3) is 0.250. The highest BCUT2D eigenvalue weighted by Crippen LogP contribution is 2.28. The molecule has 138 valence electrons. The Bertz CT molecular complexity index is 963. The van der Waals surface area contributed by atoms with Crippen LogP contribution in [0.3, 0.4) is 0 Å². The van der Waals surface area contributed by atoms with Crippen LogP contribution in [0.5, 0.6) is 0 Å². The second-order valence-corrected chi connectivity index (χ2v) is 8.06. The highest BCUT2D eigenvalue weighted by molar-refractivity contribution is 7.98. The Kier molecular flexibility index (Phi) is 5.64. The van der Waals surface area contributed by atoms with Gasteiger partial charge in [-0.2, -0.15) is 0 Å². The van der Waals surface area contributed by atoms with E-state index in [4.69, 9.17) is 23.2 Å². The van der Waals surface area contributed by atoms with Crippen LogP contribution in [0.2, 0.25) is 10.0 Å². The quantitative estimate of drug-likeness (QED) is 0.435. The number of fused-ring (bicyclic) bond motifs is 1. The van der Waals surface area contributed by atoms with Crippen LogP contribution < -0.4 is 0 Å². The van der Waals surface area contributed by atoms with Gasteiger partial charge in [0.05, 0.1) is 21.4 Å². The van der Waals surface area contributed by atoms with E-state index in [1.807, 2.05) is 36.8 Å². The first-order valence-corrected chi connectivity index (χ1v) is 10.6. The molecule has 1 aliphatic heterocycles. The van der Waals surface area contributed by atoms with Crippen LogP contribution >= 0.6 is 35.0 Å². The molecule has 3 heterocycles. The van der Waals surface area contributed by atoms with Crippen molar-refractivity contribution in [3.8, 4) is 11.3 Å². The molecule has 0 saturated carbocycles. The van der Waals surface area contributed by atoms with Crippen molar-refractivity contribution in [1.29, 1.82) is 0 Å². The van der Waals surface area contributed by atoms with Gasteiger partial charge in [0, 0.05) is 49.6 Å². The molecule has 2 aromatic heterocycles. The number of pyridine rings is 1. The van der Waals surface area contributed by atoms with Gasteiger partial charge in [-0.25, -0.2) is 9.97 Å². The molecule has 0 radical (unpaired) electrons. The summed E-state index contributed by atoms with van der Waals surface area (Å²) in [6.07, 6.45) is 6.86. The van der Waals surface area contributed by atoms with Crippen LogP contribution in [0, 0.1) is 0 Å². The molecule has 0 aliphatic carbocycles. The third-order valence-corrected chi connectivity index (χ3v) is 5.92. The molecule has 7 heteroatoms. The van der Waals surface area contributed by atoms with Gasteiger partial charge in [-0.1, -0.05) is 47.1 Å². The minimum absolute atomic E-state index is 0.541. The Morgan fingerprint density at radius 2 is 1.96 bits per heavy atom. The van der Waals surface area contributed by atoms with E-state index < -0.39 is 0 Å². The van der Waals surface area contributed by atoms with Gasteiger partial charge in [0.25, 0.3) is 0 Å². The number of nitrogens with zero attached hydrogens (tertiary/aromatic N) is 4. The van der Waals surface area contributed by atoms with Crippen LogP contribution in [0.1, 0.15) is 16.8 Å². The first kappa shape index (κ1) is 18.7. The molecule has 1 aromatic carbocycles. The summed E-state index contributed by atoms with van der Waals surface area (Å²) < 4.78 is 0.